The third kappa shape index (κ3) is 5.06. The minimum atomic E-state index is -0.722. The van der Waals surface area contributed by atoms with Crippen molar-refractivity contribution in [3.05, 3.63) is 0 Å². The van der Waals surface area contributed by atoms with E-state index in [0.29, 0.717) is 5.92 Å². The smallest absolute Gasteiger partial charge is 0.222 e. The maximum Gasteiger partial charge on any atom is 0.222 e. The summed E-state index contributed by atoms with van der Waals surface area (Å²) in [5, 5.41) is 13.2. The first-order valence-electron chi connectivity index (χ1n) is 8.29. The van der Waals surface area contributed by atoms with E-state index >= 15 is 0 Å². The second kappa shape index (κ2) is 7.41. The van der Waals surface area contributed by atoms with Gasteiger partial charge in [0.1, 0.15) is 0 Å². The first-order chi connectivity index (χ1) is 9.57. The van der Waals surface area contributed by atoms with Crippen LogP contribution in [-0.4, -0.2) is 47.7 Å². The highest BCUT2D eigenvalue weighted by molar-refractivity contribution is 5.77. The van der Waals surface area contributed by atoms with Gasteiger partial charge in [0.25, 0.3) is 0 Å². The van der Waals surface area contributed by atoms with Crippen LogP contribution in [0, 0.1) is 5.92 Å². The first-order valence-corrected chi connectivity index (χ1v) is 8.29. The summed E-state index contributed by atoms with van der Waals surface area (Å²) in [6.07, 6.45) is 7.93. The number of aliphatic hydroxyl groups is 1. The lowest BCUT2D eigenvalue weighted by atomic mass is 9.97. The highest BCUT2D eigenvalue weighted by atomic mass is 16.3. The number of piperidine rings is 1. The van der Waals surface area contributed by atoms with Crippen LogP contribution < -0.4 is 5.32 Å². The van der Waals surface area contributed by atoms with Crippen LogP contribution in [0.4, 0.5) is 0 Å². The summed E-state index contributed by atoms with van der Waals surface area (Å²) < 4.78 is 0. The highest BCUT2D eigenvalue weighted by Crippen LogP contribution is 2.32. The molecule has 1 aliphatic heterocycles. The van der Waals surface area contributed by atoms with Crippen molar-refractivity contribution in [2.75, 3.05) is 26.2 Å². The van der Waals surface area contributed by atoms with Crippen molar-refractivity contribution in [1.82, 2.24) is 10.2 Å². The van der Waals surface area contributed by atoms with Crippen LogP contribution in [0.1, 0.15) is 58.3 Å². The minimum Gasteiger partial charge on any atom is -0.389 e. The highest BCUT2D eigenvalue weighted by Gasteiger charge is 2.33. The van der Waals surface area contributed by atoms with E-state index in [4.69, 9.17) is 0 Å². The number of likely N-dealkylation sites (tertiary alicyclic amines) is 1. The summed E-state index contributed by atoms with van der Waals surface area (Å²) in [5.74, 6) is 0.496. The molecule has 2 N–H and O–H groups in total. The molecule has 1 atom stereocenters. The zero-order valence-corrected chi connectivity index (χ0v) is 12.9. The number of hydrogen-bond donors (Lipinski definition) is 2. The molecule has 1 saturated carbocycles. The van der Waals surface area contributed by atoms with Crippen molar-refractivity contribution >= 4 is 5.91 Å². The molecule has 0 aromatic rings. The summed E-state index contributed by atoms with van der Waals surface area (Å²) in [7, 11) is 0. The van der Waals surface area contributed by atoms with E-state index in [9.17, 15) is 9.90 Å². The molecule has 0 aromatic carbocycles. The molecule has 2 fully saturated rings. The first kappa shape index (κ1) is 15.8. The van der Waals surface area contributed by atoms with Crippen molar-refractivity contribution in [3.63, 3.8) is 0 Å². The molecule has 1 heterocycles. The maximum absolute atomic E-state index is 11.9. The molecule has 1 aliphatic carbocycles. The van der Waals surface area contributed by atoms with E-state index in [1.165, 1.54) is 32.4 Å². The molecule has 116 valence electrons. The van der Waals surface area contributed by atoms with Crippen LogP contribution in [0.15, 0.2) is 0 Å². The Morgan fingerprint density at radius 2 is 1.85 bits per heavy atom. The number of carbonyl (C=O) groups excluding carboxylic acids is 1. The quantitative estimate of drug-likeness (QED) is 0.782. The molecule has 1 amide bonds. The van der Waals surface area contributed by atoms with E-state index in [1.54, 1.807) is 0 Å². The van der Waals surface area contributed by atoms with Gasteiger partial charge in [0.15, 0.2) is 0 Å². The van der Waals surface area contributed by atoms with Crippen LogP contribution in [0.5, 0.6) is 0 Å². The standard InChI is InChI=1S/C16H30N2O2/c1-14(13-18-9-5-2-6-10-18)12-17-15(19)11-16(20)7-3-4-8-16/h14,20H,2-13H2,1H3,(H,17,19). The monoisotopic (exact) mass is 282 g/mol. The van der Waals surface area contributed by atoms with Crippen LogP contribution in [0.25, 0.3) is 0 Å². The molecule has 20 heavy (non-hydrogen) atoms. The fourth-order valence-corrected chi connectivity index (χ4v) is 3.51. The molecule has 0 bridgehead atoms. The summed E-state index contributed by atoms with van der Waals surface area (Å²) in [5.41, 5.74) is -0.722. The van der Waals surface area contributed by atoms with Gasteiger partial charge in [-0.05, 0) is 44.7 Å². The SMILES string of the molecule is CC(CNC(=O)CC1(O)CCCC1)CN1CCCCC1. The van der Waals surface area contributed by atoms with Gasteiger partial charge >= 0.3 is 0 Å². The lowest BCUT2D eigenvalue weighted by Crippen LogP contribution is -2.40. The third-order valence-electron chi connectivity index (χ3n) is 4.69. The normalized spacial score (nSPS) is 24.5. The Kier molecular flexibility index (Phi) is 5.85. The van der Waals surface area contributed by atoms with Crippen molar-refractivity contribution in [3.8, 4) is 0 Å². The lowest BCUT2D eigenvalue weighted by molar-refractivity contribution is -0.126. The average molecular weight is 282 g/mol. The Balaban J connectivity index is 1.62. The number of rotatable bonds is 6. The molecule has 0 spiro atoms. The van der Waals surface area contributed by atoms with Gasteiger partial charge < -0.3 is 15.3 Å². The van der Waals surface area contributed by atoms with Crippen LogP contribution in [-0.2, 0) is 4.79 Å². The fourth-order valence-electron chi connectivity index (χ4n) is 3.51. The van der Waals surface area contributed by atoms with E-state index in [1.807, 2.05) is 0 Å². The van der Waals surface area contributed by atoms with Gasteiger partial charge in [-0.2, -0.15) is 0 Å². The molecule has 0 aromatic heterocycles. The molecule has 2 aliphatic rings. The van der Waals surface area contributed by atoms with Crippen molar-refractivity contribution < 1.29 is 9.90 Å². The number of nitrogens with zero attached hydrogens (tertiary/aromatic N) is 1. The predicted molar refractivity (Wildman–Crippen MR) is 80.5 cm³/mol. The zero-order chi connectivity index (χ0) is 14.4. The predicted octanol–water partition coefficient (Wildman–Crippen LogP) is 1.92. The van der Waals surface area contributed by atoms with Crippen molar-refractivity contribution in [1.29, 1.82) is 0 Å². The molecule has 2 rings (SSSR count). The van der Waals surface area contributed by atoms with Crippen molar-refractivity contribution in [2.24, 2.45) is 5.92 Å². The van der Waals surface area contributed by atoms with Gasteiger partial charge in [0.05, 0.1) is 12.0 Å². The van der Waals surface area contributed by atoms with E-state index in [-0.39, 0.29) is 12.3 Å². The second-order valence-corrected chi connectivity index (χ2v) is 6.88. The Hall–Kier alpha value is -0.610. The summed E-state index contributed by atoms with van der Waals surface area (Å²) >= 11 is 0. The largest absolute Gasteiger partial charge is 0.389 e. The lowest BCUT2D eigenvalue weighted by Gasteiger charge is -2.29. The minimum absolute atomic E-state index is 0.0138. The molecule has 4 nitrogen and oxygen atoms in total. The van der Waals surface area contributed by atoms with Gasteiger partial charge in [0.2, 0.25) is 5.91 Å². The van der Waals surface area contributed by atoms with Gasteiger partial charge in [-0.3, -0.25) is 4.79 Å². The summed E-state index contributed by atoms with van der Waals surface area (Å²) in [4.78, 5) is 14.4. The third-order valence-corrected chi connectivity index (χ3v) is 4.69. The number of nitrogens with one attached hydrogen (secondary N) is 1. The molecule has 4 heteroatoms. The van der Waals surface area contributed by atoms with Gasteiger partial charge in [0, 0.05) is 13.1 Å². The average Bonchev–Trinajstić information content (AvgIpc) is 2.84. The Morgan fingerprint density at radius 3 is 2.50 bits per heavy atom. The van der Waals surface area contributed by atoms with Gasteiger partial charge in [-0.15, -0.1) is 0 Å². The van der Waals surface area contributed by atoms with Crippen molar-refractivity contribution in [2.45, 2.75) is 63.9 Å². The summed E-state index contributed by atoms with van der Waals surface area (Å²) in [6.45, 7) is 6.41. The number of carbonyl (C=O) groups is 1. The number of hydrogen-bond acceptors (Lipinski definition) is 3. The van der Waals surface area contributed by atoms with Crippen LogP contribution in [0.3, 0.4) is 0 Å². The molecule has 1 saturated heterocycles. The van der Waals surface area contributed by atoms with Gasteiger partial charge in [-0.1, -0.05) is 26.2 Å². The number of amides is 1. The van der Waals surface area contributed by atoms with Crippen LogP contribution in [0.2, 0.25) is 0 Å². The van der Waals surface area contributed by atoms with Crippen LogP contribution >= 0.6 is 0 Å². The zero-order valence-electron chi connectivity index (χ0n) is 12.9. The molecular weight excluding hydrogens is 252 g/mol. The van der Waals surface area contributed by atoms with Gasteiger partial charge in [-0.25, -0.2) is 0 Å². The van der Waals surface area contributed by atoms with E-state index in [2.05, 4.69) is 17.1 Å². The van der Waals surface area contributed by atoms with E-state index in [0.717, 1.165) is 38.8 Å². The Labute approximate surface area is 122 Å². The molecule has 1 unspecified atom stereocenters. The molecular formula is C16H30N2O2. The molecule has 0 radical (unpaired) electrons. The summed E-state index contributed by atoms with van der Waals surface area (Å²) in [6, 6.07) is 0. The second-order valence-electron chi connectivity index (χ2n) is 6.88. The fraction of sp³-hybridized carbons (Fsp3) is 0.938. The topological polar surface area (TPSA) is 52.6 Å². The Bertz CT molecular complexity index is 308. The Morgan fingerprint density at radius 1 is 1.20 bits per heavy atom. The van der Waals surface area contributed by atoms with E-state index < -0.39 is 5.60 Å². The maximum atomic E-state index is 11.9.